The highest BCUT2D eigenvalue weighted by atomic mass is 35.5. The van der Waals surface area contributed by atoms with Gasteiger partial charge >= 0.3 is 0 Å². The molecule has 0 spiro atoms. The third kappa shape index (κ3) is 5.44. The summed E-state index contributed by atoms with van der Waals surface area (Å²) in [5.74, 6) is 1.27. The second-order valence-electron chi connectivity index (χ2n) is 7.99. The molecule has 0 atom stereocenters. The van der Waals surface area contributed by atoms with Gasteiger partial charge in [0, 0.05) is 45.8 Å². The van der Waals surface area contributed by atoms with Gasteiger partial charge in [0.15, 0.2) is 11.5 Å². The lowest BCUT2D eigenvalue weighted by Crippen LogP contribution is -3.00. The molecule has 0 N–H and O–H groups in total. The molecule has 34 heavy (non-hydrogen) atoms. The number of ether oxygens (including phenoxy) is 2. The minimum atomic E-state index is -3.68. The Morgan fingerprint density at radius 2 is 1.68 bits per heavy atom. The Balaban J connectivity index is 0.00000324. The fraction of sp³-hybridized carbons (Fsp3) is 0.435. The Labute approximate surface area is 211 Å². The van der Waals surface area contributed by atoms with Crippen LogP contribution in [0.1, 0.15) is 29.8 Å². The molecule has 0 unspecified atom stereocenters. The summed E-state index contributed by atoms with van der Waals surface area (Å²) in [6.07, 6.45) is 0. The number of fused-ring (bicyclic) bond motifs is 1. The molecule has 2 aromatic carbocycles. The SMILES string of the molecule is CCN(CC)S(=O)(=O)c1ccc(Cl)c(C(=O)N2CCN(Cc3ccc4c(c3)OCO4)CC2)c1.[Cl-]. The summed E-state index contributed by atoms with van der Waals surface area (Å²) in [7, 11) is -3.68. The minimum Gasteiger partial charge on any atom is -1.00 e. The molecule has 8 nitrogen and oxygen atoms in total. The van der Waals surface area contributed by atoms with Gasteiger partial charge in [0.25, 0.3) is 5.91 Å². The van der Waals surface area contributed by atoms with Crippen LogP contribution in [0, 0.1) is 0 Å². The molecule has 1 amide bonds. The smallest absolute Gasteiger partial charge is 0.255 e. The fourth-order valence-corrected chi connectivity index (χ4v) is 5.80. The third-order valence-electron chi connectivity index (χ3n) is 6.01. The van der Waals surface area contributed by atoms with E-state index in [1.807, 2.05) is 18.2 Å². The average molecular weight is 529 g/mol. The van der Waals surface area contributed by atoms with Gasteiger partial charge in [0.2, 0.25) is 16.8 Å². The van der Waals surface area contributed by atoms with Crippen molar-refractivity contribution in [2.45, 2.75) is 25.3 Å². The number of carbonyl (C=O) groups excluding carboxylic acids is 1. The van der Waals surface area contributed by atoms with Crippen LogP contribution in [-0.4, -0.2) is 74.5 Å². The highest BCUT2D eigenvalue weighted by Crippen LogP contribution is 2.33. The molecule has 2 heterocycles. The Hall–Kier alpha value is -2.04. The van der Waals surface area contributed by atoms with Crippen molar-refractivity contribution < 1.29 is 35.1 Å². The Bertz CT molecular complexity index is 1130. The van der Waals surface area contributed by atoms with Gasteiger partial charge in [0.05, 0.1) is 15.5 Å². The minimum absolute atomic E-state index is 0. The van der Waals surface area contributed by atoms with E-state index in [1.54, 1.807) is 18.7 Å². The lowest BCUT2D eigenvalue weighted by Gasteiger charge is -2.35. The maximum atomic E-state index is 13.2. The number of amides is 1. The molecule has 2 aromatic rings. The van der Waals surface area contributed by atoms with Gasteiger partial charge in [-0.15, -0.1) is 0 Å². The number of carbonyl (C=O) groups is 1. The van der Waals surface area contributed by atoms with Gasteiger partial charge in [-0.05, 0) is 35.9 Å². The summed E-state index contributed by atoms with van der Waals surface area (Å²) >= 11 is 6.30. The van der Waals surface area contributed by atoms with Crippen molar-refractivity contribution in [1.82, 2.24) is 14.1 Å². The predicted octanol–water partition coefficient (Wildman–Crippen LogP) is 0.0612. The largest absolute Gasteiger partial charge is 1.00 e. The summed E-state index contributed by atoms with van der Waals surface area (Å²) in [6, 6.07) is 10.3. The molecule has 186 valence electrons. The number of hydrogen-bond acceptors (Lipinski definition) is 6. The van der Waals surface area contributed by atoms with Crippen molar-refractivity contribution in [3.05, 3.63) is 52.5 Å². The zero-order valence-corrected chi connectivity index (χ0v) is 21.5. The number of benzene rings is 2. The zero-order chi connectivity index (χ0) is 23.6. The van der Waals surface area contributed by atoms with E-state index < -0.39 is 10.0 Å². The number of hydrogen-bond donors (Lipinski definition) is 0. The van der Waals surface area contributed by atoms with E-state index in [0.29, 0.717) is 39.3 Å². The van der Waals surface area contributed by atoms with Crippen LogP contribution >= 0.6 is 11.6 Å². The maximum absolute atomic E-state index is 13.2. The van der Waals surface area contributed by atoms with Crippen molar-refractivity contribution in [2.75, 3.05) is 46.1 Å². The highest BCUT2D eigenvalue weighted by molar-refractivity contribution is 7.89. The van der Waals surface area contributed by atoms with Crippen LogP contribution in [0.5, 0.6) is 11.5 Å². The topological polar surface area (TPSA) is 79.4 Å². The molecular formula is C23H28Cl2N3O5S-. The van der Waals surface area contributed by atoms with Crippen LogP contribution in [0.4, 0.5) is 0 Å². The first-order chi connectivity index (χ1) is 15.8. The van der Waals surface area contributed by atoms with E-state index in [1.165, 1.54) is 22.5 Å². The quantitative estimate of drug-likeness (QED) is 0.505. The van der Waals surface area contributed by atoms with Crippen LogP contribution < -0.4 is 21.9 Å². The molecule has 11 heteroatoms. The van der Waals surface area contributed by atoms with Gasteiger partial charge < -0.3 is 26.8 Å². The van der Waals surface area contributed by atoms with Gasteiger partial charge in [-0.1, -0.05) is 31.5 Å². The van der Waals surface area contributed by atoms with Crippen LogP contribution in [0.3, 0.4) is 0 Å². The fourth-order valence-electron chi connectivity index (χ4n) is 4.12. The van der Waals surface area contributed by atoms with E-state index >= 15 is 0 Å². The van der Waals surface area contributed by atoms with Crippen LogP contribution in [0.2, 0.25) is 5.02 Å². The normalized spacial score (nSPS) is 15.9. The molecule has 0 bridgehead atoms. The second kappa shape index (κ2) is 11.1. The van der Waals surface area contributed by atoms with Gasteiger partial charge in [-0.2, -0.15) is 4.31 Å². The summed E-state index contributed by atoms with van der Waals surface area (Å²) < 4.78 is 37.9. The number of rotatable bonds is 7. The molecule has 0 aromatic heterocycles. The van der Waals surface area contributed by atoms with Crippen molar-refractivity contribution in [3.63, 3.8) is 0 Å². The van der Waals surface area contributed by atoms with Crippen LogP contribution in [0.15, 0.2) is 41.3 Å². The Kier molecular flexibility index (Phi) is 8.70. The number of sulfonamides is 1. The molecule has 0 saturated carbocycles. The van der Waals surface area contributed by atoms with Gasteiger partial charge in [0.1, 0.15) is 0 Å². The molecule has 2 aliphatic rings. The molecular weight excluding hydrogens is 501 g/mol. The molecule has 1 fully saturated rings. The van der Waals surface area contributed by atoms with E-state index in [-0.39, 0.29) is 40.6 Å². The summed E-state index contributed by atoms with van der Waals surface area (Å²) in [4.78, 5) is 17.3. The number of nitrogens with zero attached hydrogens (tertiary/aromatic N) is 3. The third-order valence-corrected chi connectivity index (χ3v) is 8.39. The first-order valence-corrected chi connectivity index (χ1v) is 12.8. The standard InChI is InChI=1S/C23H28ClN3O5S.ClH/c1-3-27(4-2)33(29,30)18-6-7-20(24)19(14-18)23(28)26-11-9-25(10-12-26)15-17-5-8-21-22(13-17)32-16-31-21;/h5-8,13-14H,3-4,9-12,15-16H2,1-2H3;1H/p-1. The summed E-state index contributed by atoms with van der Waals surface area (Å²) in [6.45, 7) is 7.75. The highest BCUT2D eigenvalue weighted by Gasteiger charge is 2.27. The molecule has 0 aliphatic carbocycles. The predicted molar refractivity (Wildman–Crippen MR) is 125 cm³/mol. The number of piperazine rings is 1. The average Bonchev–Trinajstić information content (AvgIpc) is 3.28. The lowest BCUT2D eigenvalue weighted by molar-refractivity contribution is -0.0000218. The van der Waals surface area contributed by atoms with E-state index in [2.05, 4.69) is 4.90 Å². The lowest BCUT2D eigenvalue weighted by atomic mass is 10.1. The molecule has 4 rings (SSSR count). The van der Waals surface area contributed by atoms with E-state index in [4.69, 9.17) is 21.1 Å². The maximum Gasteiger partial charge on any atom is 0.255 e. The van der Waals surface area contributed by atoms with Gasteiger partial charge in [-0.25, -0.2) is 8.42 Å². The molecule has 0 radical (unpaired) electrons. The first kappa shape index (κ1) is 26.6. The van der Waals surface area contributed by atoms with Crippen molar-refractivity contribution in [3.8, 4) is 11.5 Å². The van der Waals surface area contributed by atoms with Crippen LogP contribution in [0.25, 0.3) is 0 Å². The first-order valence-electron chi connectivity index (χ1n) is 11.0. The molecule has 1 saturated heterocycles. The van der Waals surface area contributed by atoms with Crippen LogP contribution in [-0.2, 0) is 16.6 Å². The van der Waals surface area contributed by atoms with E-state index in [9.17, 15) is 13.2 Å². The Morgan fingerprint density at radius 1 is 1.00 bits per heavy atom. The molecule has 2 aliphatic heterocycles. The van der Waals surface area contributed by atoms with Crippen molar-refractivity contribution in [2.24, 2.45) is 0 Å². The Morgan fingerprint density at radius 3 is 2.35 bits per heavy atom. The van der Waals surface area contributed by atoms with Crippen molar-refractivity contribution >= 4 is 27.5 Å². The number of halogens is 2. The van der Waals surface area contributed by atoms with Crippen molar-refractivity contribution in [1.29, 1.82) is 0 Å². The zero-order valence-electron chi connectivity index (χ0n) is 19.2. The monoisotopic (exact) mass is 528 g/mol. The van der Waals surface area contributed by atoms with E-state index in [0.717, 1.165) is 23.6 Å². The second-order valence-corrected chi connectivity index (χ2v) is 10.3. The van der Waals surface area contributed by atoms with Gasteiger partial charge in [-0.3, -0.25) is 9.69 Å². The summed E-state index contributed by atoms with van der Waals surface area (Å²) in [5, 5.41) is 0.251. The summed E-state index contributed by atoms with van der Waals surface area (Å²) in [5.41, 5.74) is 1.34.